The lowest BCUT2D eigenvalue weighted by Crippen LogP contribution is -2.49. The molecule has 1 aliphatic rings. The van der Waals surface area contributed by atoms with Crippen molar-refractivity contribution < 1.29 is 0 Å². The predicted molar refractivity (Wildman–Crippen MR) is 67.6 cm³/mol. The first kappa shape index (κ1) is 11.4. The summed E-state index contributed by atoms with van der Waals surface area (Å²) in [5.74, 6) is 1.09. The summed E-state index contributed by atoms with van der Waals surface area (Å²) in [6.07, 6.45) is 3.72. The minimum atomic E-state index is 0.457. The van der Waals surface area contributed by atoms with Gasteiger partial charge >= 0.3 is 0 Å². The van der Waals surface area contributed by atoms with Crippen LogP contribution in [0.3, 0.4) is 0 Å². The molecule has 16 heavy (non-hydrogen) atoms. The third kappa shape index (κ3) is 2.19. The van der Waals surface area contributed by atoms with E-state index in [1.807, 2.05) is 13.0 Å². The van der Waals surface area contributed by atoms with E-state index < -0.39 is 0 Å². The van der Waals surface area contributed by atoms with Gasteiger partial charge in [-0.05, 0) is 45.2 Å². The van der Waals surface area contributed by atoms with E-state index in [0.717, 1.165) is 18.1 Å². The average Bonchev–Trinajstić information content (AvgIpc) is 2.28. The Morgan fingerprint density at radius 3 is 2.94 bits per heavy atom. The fourth-order valence-corrected chi connectivity index (χ4v) is 2.60. The van der Waals surface area contributed by atoms with Gasteiger partial charge in [-0.2, -0.15) is 0 Å². The second-order valence-electron chi connectivity index (χ2n) is 4.71. The van der Waals surface area contributed by atoms with Crippen molar-refractivity contribution in [1.82, 2.24) is 4.98 Å². The summed E-state index contributed by atoms with van der Waals surface area (Å²) in [6, 6.07) is 7.22. The number of aromatic nitrogens is 1. The summed E-state index contributed by atoms with van der Waals surface area (Å²) in [4.78, 5) is 7.02. The van der Waals surface area contributed by atoms with E-state index >= 15 is 0 Å². The van der Waals surface area contributed by atoms with Crippen LogP contribution in [-0.4, -0.2) is 23.6 Å². The Kier molecular flexibility index (Phi) is 3.44. The smallest absolute Gasteiger partial charge is 0.129 e. The van der Waals surface area contributed by atoms with Gasteiger partial charge in [0.1, 0.15) is 5.82 Å². The van der Waals surface area contributed by atoms with Gasteiger partial charge in [0.05, 0.1) is 0 Å². The molecule has 0 spiro atoms. The van der Waals surface area contributed by atoms with Gasteiger partial charge in [-0.15, -0.1) is 0 Å². The van der Waals surface area contributed by atoms with Gasteiger partial charge in [0, 0.05) is 24.3 Å². The third-order valence-corrected chi connectivity index (χ3v) is 3.44. The zero-order valence-corrected chi connectivity index (χ0v) is 10.2. The molecule has 2 heterocycles. The van der Waals surface area contributed by atoms with Crippen molar-refractivity contribution in [3.05, 3.63) is 23.9 Å². The normalized spacial score (nSPS) is 25.8. The standard InChI is InChI=1S/C13H21N3/c1-10-5-3-8-13(15-10)16-11(2)6-4-7-12(16)9-14/h3,5,8,11-12H,4,6-7,9,14H2,1-2H3. The van der Waals surface area contributed by atoms with Gasteiger partial charge in [0.15, 0.2) is 0 Å². The lowest BCUT2D eigenvalue weighted by atomic mass is 9.96. The number of nitrogens with two attached hydrogens (primary N) is 1. The molecule has 1 aliphatic heterocycles. The Morgan fingerprint density at radius 1 is 1.44 bits per heavy atom. The van der Waals surface area contributed by atoms with Crippen molar-refractivity contribution >= 4 is 5.82 Å². The number of rotatable bonds is 2. The number of aryl methyl sites for hydroxylation is 1. The van der Waals surface area contributed by atoms with Crippen molar-refractivity contribution in [3.63, 3.8) is 0 Å². The lowest BCUT2D eigenvalue weighted by molar-refractivity contribution is 0.397. The van der Waals surface area contributed by atoms with E-state index in [1.165, 1.54) is 19.3 Å². The van der Waals surface area contributed by atoms with Crippen LogP contribution in [0.1, 0.15) is 31.9 Å². The Labute approximate surface area is 97.7 Å². The van der Waals surface area contributed by atoms with Gasteiger partial charge in [-0.3, -0.25) is 0 Å². The Hall–Kier alpha value is -1.09. The van der Waals surface area contributed by atoms with E-state index in [4.69, 9.17) is 5.73 Å². The molecule has 3 heteroatoms. The van der Waals surface area contributed by atoms with Crippen LogP contribution in [0, 0.1) is 6.92 Å². The molecule has 0 amide bonds. The van der Waals surface area contributed by atoms with Crippen LogP contribution in [-0.2, 0) is 0 Å². The van der Waals surface area contributed by atoms with E-state index in [2.05, 4.69) is 28.9 Å². The Morgan fingerprint density at radius 2 is 2.25 bits per heavy atom. The van der Waals surface area contributed by atoms with E-state index in [9.17, 15) is 0 Å². The van der Waals surface area contributed by atoms with Crippen LogP contribution in [0.5, 0.6) is 0 Å². The van der Waals surface area contributed by atoms with Crippen molar-refractivity contribution in [2.45, 2.75) is 45.2 Å². The maximum atomic E-state index is 5.86. The first-order valence-electron chi connectivity index (χ1n) is 6.14. The van der Waals surface area contributed by atoms with Gasteiger partial charge < -0.3 is 10.6 Å². The fraction of sp³-hybridized carbons (Fsp3) is 0.615. The largest absolute Gasteiger partial charge is 0.350 e. The lowest BCUT2D eigenvalue weighted by Gasteiger charge is -2.41. The van der Waals surface area contributed by atoms with Crippen molar-refractivity contribution in [2.24, 2.45) is 5.73 Å². The summed E-state index contributed by atoms with van der Waals surface area (Å²) in [5, 5.41) is 0. The Bertz CT molecular complexity index is 351. The minimum absolute atomic E-state index is 0.457. The first-order valence-corrected chi connectivity index (χ1v) is 6.14. The van der Waals surface area contributed by atoms with Crippen molar-refractivity contribution in [3.8, 4) is 0 Å². The number of hydrogen-bond donors (Lipinski definition) is 1. The molecule has 0 radical (unpaired) electrons. The van der Waals surface area contributed by atoms with Crippen molar-refractivity contribution in [2.75, 3.05) is 11.4 Å². The average molecular weight is 219 g/mol. The van der Waals surface area contributed by atoms with Gasteiger partial charge in [-0.1, -0.05) is 6.07 Å². The molecule has 0 saturated carbocycles. The number of piperidine rings is 1. The SMILES string of the molecule is Cc1cccc(N2C(C)CCCC2CN)n1. The minimum Gasteiger partial charge on any atom is -0.350 e. The Balaban J connectivity index is 2.28. The molecule has 2 atom stereocenters. The van der Waals surface area contributed by atoms with Gasteiger partial charge in [0.2, 0.25) is 0 Å². The highest BCUT2D eigenvalue weighted by Gasteiger charge is 2.27. The van der Waals surface area contributed by atoms with E-state index in [0.29, 0.717) is 12.1 Å². The third-order valence-electron chi connectivity index (χ3n) is 3.44. The molecular weight excluding hydrogens is 198 g/mol. The molecule has 3 nitrogen and oxygen atoms in total. The van der Waals surface area contributed by atoms with E-state index in [1.54, 1.807) is 0 Å². The van der Waals surface area contributed by atoms with Crippen LogP contribution >= 0.6 is 0 Å². The summed E-state index contributed by atoms with van der Waals surface area (Å²) in [6.45, 7) is 5.03. The van der Waals surface area contributed by atoms with Crippen LogP contribution in [0.25, 0.3) is 0 Å². The van der Waals surface area contributed by atoms with Crippen LogP contribution < -0.4 is 10.6 Å². The second-order valence-corrected chi connectivity index (χ2v) is 4.71. The van der Waals surface area contributed by atoms with Gasteiger partial charge in [0.25, 0.3) is 0 Å². The second kappa shape index (κ2) is 4.83. The molecule has 0 bridgehead atoms. The molecule has 2 unspecified atom stereocenters. The fourth-order valence-electron chi connectivity index (χ4n) is 2.60. The highest BCUT2D eigenvalue weighted by Crippen LogP contribution is 2.27. The summed E-state index contributed by atoms with van der Waals surface area (Å²) >= 11 is 0. The summed E-state index contributed by atoms with van der Waals surface area (Å²) in [7, 11) is 0. The number of anilines is 1. The summed E-state index contributed by atoms with van der Waals surface area (Å²) in [5.41, 5.74) is 6.94. The molecule has 1 fully saturated rings. The molecule has 1 aromatic heterocycles. The molecule has 2 rings (SSSR count). The molecule has 1 saturated heterocycles. The maximum absolute atomic E-state index is 5.86. The molecule has 0 aromatic carbocycles. The highest BCUT2D eigenvalue weighted by atomic mass is 15.2. The predicted octanol–water partition coefficient (Wildman–Crippen LogP) is 2.10. The zero-order valence-electron chi connectivity index (χ0n) is 10.2. The highest BCUT2D eigenvalue weighted by molar-refractivity contribution is 5.42. The molecule has 88 valence electrons. The number of nitrogens with zero attached hydrogens (tertiary/aromatic N) is 2. The first-order chi connectivity index (χ1) is 7.72. The topological polar surface area (TPSA) is 42.1 Å². The van der Waals surface area contributed by atoms with Crippen LogP contribution in [0.4, 0.5) is 5.82 Å². The number of hydrogen-bond acceptors (Lipinski definition) is 3. The number of pyridine rings is 1. The molecule has 0 aliphatic carbocycles. The van der Waals surface area contributed by atoms with Crippen LogP contribution in [0.15, 0.2) is 18.2 Å². The summed E-state index contributed by atoms with van der Waals surface area (Å²) < 4.78 is 0. The van der Waals surface area contributed by atoms with Crippen molar-refractivity contribution in [1.29, 1.82) is 0 Å². The van der Waals surface area contributed by atoms with E-state index in [-0.39, 0.29) is 0 Å². The monoisotopic (exact) mass is 219 g/mol. The maximum Gasteiger partial charge on any atom is 0.129 e. The molecular formula is C13H21N3. The molecule has 2 N–H and O–H groups in total. The van der Waals surface area contributed by atoms with Crippen LogP contribution in [0.2, 0.25) is 0 Å². The zero-order chi connectivity index (χ0) is 11.5. The quantitative estimate of drug-likeness (QED) is 0.828. The molecule has 1 aromatic rings. The van der Waals surface area contributed by atoms with Gasteiger partial charge in [-0.25, -0.2) is 4.98 Å².